The van der Waals surface area contributed by atoms with Crippen molar-refractivity contribution in [3.63, 3.8) is 0 Å². The van der Waals surface area contributed by atoms with Crippen LogP contribution in [0.4, 0.5) is 13.2 Å². The van der Waals surface area contributed by atoms with Crippen molar-refractivity contribution in [2.24, 2.45) is 0 Å². The van der Waals surface area contributed by atoms with Crippen LogP contribution in [-0.2, 0) is 17.5 Å². The van der Waals surface area contributed by atoms with Crippen molar-refractivity contribution < 1.29 is 18.0 Å². The highest BCUT2D eigenvalue weighted by molar-refractivity contribution is 5.82. The van der Waals surface area contributed by atoms with Crippen LogP contribution in [0.2, 0.25) is 0 Å². The minimum atomic E-state index is -4.30. The fraction of sp³-hybridized carbons (Fsp3) is 0.588. The summed E-state index contributed by atoms with van der Waals surface area (Å²) in [6.07, 6.45) is -1.51. The Labute approximate surface area is 139 Å². The van der Waals surface area contributed by atoms with Gasteiger partial charge >= 0.3 is 6.18 Å². The molecule has 24 heavy (non-hydrogen) atoms. The van der Waals surface area contributed by atoms with Crippen LogP contribution in [0.5, 0.6) is 0 Å². The molecule has 2 atom stereocenters. The Morgan fingerprint density at radius 3 is 2.62 bits per heavy atom. The van der Waals surface area contributed by atoms with Gasteiger partial charge in [0.05, 0.1) is 11.6 Å². The van der Waals surface area contributed by atoms with Crippen molar-refractivity contribution in [3.8, 4) is 0 Å². The Kier molecular flexibility index (Phi) is 5.10. The van der Waals surface area contributed by atoms with E-state index in [2.05, 4.69) is 15.5 Å². The Hall–Kier alpha value is -1.60. The second-order valence-electron chi connectivity index (χ2n) is 6.57. The first-order valence-corrected chi connectivity index (χ1v) is 8.34. The summed E-state index contributed by atoms with van der Waals surface area (Å²) in [4.78, 5) is 14.3. The van der Waals surface area contributed by atoms with Crippen molar-refractivity contribution in [2.45, 2.75) is 44.1 Å². The highest BCUT2D eigenvalue weighted by atomic mass is 19.4. The fourth-order valence-electron chi connectivity index (χ4n) is 3.36. The standard InChI is InChI=1S/C17H22F3N3O/c18-17(19,20)13-5-3-12(4-6-13)10-23-9-7-14(11-23)22-16(24)15-2-1-8-21-15/h3-6,14-15,21H,1-2,7-11H2,(H,22,24)/t14-,15+/m0/s1. The summed E-state index contributed by atoms with van der Waals surface area (Å²) in [5.41, 5.74) is 0.231. The minimum Gasteiger partial charge on any atom is -0.351 e. The number of hydrogen-bond acceptors (Lipinski definition) is 3. The lowest BCUT2D eigenvalue weighted by Crippen LogP contribution is -2.46. The summed E-state index contributed by atoms with van der Waals surface area (Å²) in [5, 5.41) is 6.25. The third-order valence-corrected chi connectivity index (χ3v) is 4.68. The summed E-state index contributed by atoms with van der Waals surface area (Å²) in [7, 11) is 0. The van der Waals surface area contributed by atoms with Crippen LogP contribution in [0.15, 0.2) is 24.3 Å². The van der Waals surface area contributed by atoms with E-state index >= 15 is 0 Å². The van der Waals surface area contributed by atoms with E-state index < -0.39 is 11.7 Å². The summed E-state index contributed by atoms with van der Waals surface area (Å²) in [6, 6.07) is 5.34. The summed E-state index contributed by atoms with van der Waals surface area (Å²) < 4.78 is 37.7. The topological polar surface area (TPSA) is 44.4 Å². The Morgan fingerprint density at radius 2 is 2.00 bits per heavy atom. The van der Waals surface area contributed by atoms with E-state index in [1.54, 1.807) is 0 Å². The van der Waals surface area contributed by atoms with Gasteiger partial charge < -0.3 is 10.6 Å². The second-order valence-corrected chi connectivity index (χ2v) is 6.57. The molecule has 4 nitrogen and oxygen atoms in total. The van der Waals surface area contributed by atoms with Crippen LogP contribution < -0.4 is 10.6 Å². The van der Waals surface area contributed by atoms with Gasteiger partial charge in [0.1, 0.15) is 0 Å². The lowest BCUT2D eigenvalue weighted by atomic mass is 10.1. The average Bonchev–Trinajstić information content (AvgIpc) is 3.19. The third-order valence-electron chi connectivity index (χ3n) is 4.68. The largest absolute Gasteiger partial charge is 0.416 e. The molecule has 0 aliphatic carbocycles. The zero-order valence-corrected chi connectivity index (χ0v) is 13.4. The molecule has 1 aromatic rings. The van der Waals surface area contributed by atoms with Gasteiger partial charge in [-0.1, -0.05) is 12.1 Å². The second kappa shape index (κ2) is 7.11. The Balaban J connectivity index is 1.48. The number of nitrogens with one attached hydrogen (secondary N) is 2. The van der Waals surface area contributed by atoms with E-state index in [0.29, 0.717) is 6.54 Å². The number of rotatable bonds is 4. The van der Waals surface area contributed by atoms with Crippen LogP contribution in [0.25, 0.3) is 0 Å². The molecule has 0 aromatic heterocycles. The van der Waals surface area contributed by atoms with Gasteiger partial charge in [-0.15, -0.1) is 0 Å². The van der Waals surface area contributed by atoms with Crippen LogP contribution >= 0.6 is 0 Å². The first-order valence-electron chi connectivity index (χ1n) is 8.34. The first kappa shape index (κ1) is 17.2. The van der Waals surface area contributed by atoms with Gasteiger partial charge in [0.25, 0.3) is 0 Å². The monoisotopic (exact) mass is 341 g/mol. The molecule has 1 aromatic carbocycles. The van der Waals surface area contributed by atoms with Gasteiger partial charge in [-0.05, 0) is 43.5 Å². The molecule has 0 spiro atoms. The lowest BCUT2D eigenvalue weighted by molar-refractivity contribution is -0.137. The van der Waals surface area contributed by atoms with Gasteiger partial charge in [0.15, 0.2) is 0 Å². The number of carbonyl (C=O) groups is 1. The smallest absolute Gasteiger partial charge is 0.351 e. The van der Waals surface area contributed by atoms with Crippen molar-refractivity contribution >= 4 is 5.91 Å². The quantitative estimate of drug-likeness (QED) is 0.882. The molecule has 0 bridgehead atoms. The molecule has 2 aliphatic rings. The lowest BCUT2D eigenvalue weighted by Gasteiger charge is -2.18. The molecule has 2 N–H and O–H groups in total. The van der Waals surface area contributed by atoms with Gasteiger partial charge in [-0.2, -0.15) is 13.2 Å². The zero-order valence-electron chi connectivity index (χ0n) is 13.4. The van der Waals surface area contributed by atoms with Crippen LogP contribution in [0, 0.1) is 0 Å². The van der Waals surface area contributed by atoms with E-state index in [1.807, 2.05) is 0 Å². The summed E-state index contributed by atoms with van der Waals surface area (Å²) in [6.45, 7) is 3.07. The minimum absolute atomic E-state index is 0.0638. The molecule has 2 aliphatic heterocycles. The third kappa shape index (κ3) is 4.27. The highest BCUT2D eigenvalue weighted by Crippen LogP contribution is 2.29. The van der Waals surface area contributed by atoms with E-state index in [-0.39, 0.29) is 18.0 Å². The van der Waals surface area contributed by atoms with Gasteiger partial charge in [0.2, 0.25) is 5.91 Å². The summed E-state index contributed by atoms with van der Waals surface area (Å²) >= 11 is 0. The SMILES string of the molecule is O=C(N[C@H]1CCN(Cc2ccc(C(F)(F)F)cc2)C1)[C@H]1CCCN1. The maximum Gasteiger partial charge on any atom is 0.416 e. The number of carbonyl (C=O) groups excluding carboxylic acids is 1. The molecule has 7 heteroatoms. The predicted octanol–water partition coefficient (Wildman–Crippen LogP) is 2.15. The van der Waals surface area contributed by atoms with Gasteiger partial charge in [0, 0.05) is 25.7 Å². The Bertz CT molecular complexity index is 567. The Morgan fingerprint density at radius 1 is 1.25 bits per heavy atom. The van der Waals surface area contributed by atoms with E-state index in [4.69, 9.17) is 0 Å². The molecule has 2 fully saturated rings. The number of hydrogen-bond donors (Lipinski definition) is 2. The molecule has 0 unspecified atom stereocenters. The fourth-order valence-corrected chi connectivity index (χ4v) is 3.36. The number of benzene rings is 1. The maximum absolute atomic E-state index is 12.6. The van der Waals surface area contributed by atoms with E-state index in [0.717, 1.165) is 56.6 Å². The molecular formula is C17H22F3N3O. The molecule has 0 saturated carbocycles. The van der Waals surface area contributed by atoms with Crippen molar-refractivity contribution in [2.75, 3.05) is 19.6 Å². The normalized spacial score (nSPS) is 25.1. The highest BCUT2D eigenvalue weighted by Gasteiger charge is 2.31. The molecule has 132 valence electrons. The number of likely N-dealkylation sites (tertiary alicyclic amines) is 1. The molecule has 2 heterocycles. The van der Waals surface area contributed by atoms with E-state index in [1.165, 1.54) is 12.1 Å². The van der Waals surface area contributed by atoms with Crippen LogP contribution in [0.1, 0.15) is 30.4 Å². The van der Waals surface area contributed by atoms with Crippen LogP contribution in [-0.4, -0.2) is 42.5 Å². The van der Waals surface area contributed by atoms with Crippen LogP contribution in [0.3, 0.4) is 0 Å². The number of halogens is 3. The molecular weight excluding hydrogens is 319 g/mol. The predicted molar refractivity (Wildman–Crippen MR) is 84.3 cm³/mol. The van der Waals surface area contributed by atoms with Crippen molar-refractivity contribution in [1.82, 2.24) is 15.5 Å². The maximum atomic E-state index is 12.6. The molecule has 2 saturated heterocycles. The zero-order chi connectivity index (χ0) is 17.2. The summed E-state index contributed by atoms with van der Waals surface area (Å²) in [5.74, 6) is 0.0638. The molecule has 1 amide bonds. The van der Waals surface area contributed by atoms with E-state index in [9.17, 15) is 18.0 Å². The first-order chi connectivity index (χ1) is 11.4. The number of amides is 1. The van der Waals surface area contributed by atoms with Gasteiger partial charge in [-0.25, -0.2) is 0 Å². The van der Waals surface area contributed by atoms with Crippen molar-refractivity contribution in [3.05, 3.63) is 35.4 Å². The molecule has 0 radical (unpaired) electrons. The number of nitrogens with zero attached hydrogens (tertiary/aromatic N) is 1. The average molecular weight is 341 g/mol. The van der Waals surface area contributed by atoms with Crippen molar-refractivity contribution in [1.29, 1.82) is 0 Å². The van der Waals surface area contributed by atoms with Gasteiger partial charge in [-0.3, -0.25) is 9.69 Å². The number of alkyl halides is 3. The molecule has 3 rings (SSSR count).